The molecule has 2 amide bonds. The van der Waals surface area contributed by atoms with Gasteiger partial charge in [-0.15, -0.1) is 14.1 Å². The summed E-state index contributed by atoms with van der Waals surface area (Å²) in [6, 6.07) is 0. The smallest absolute Gasteiger partial charge is 1.00 e. The van der Waals surface area contributed by atoms with E-state index in [0.29, 0.717) is 12.8 Å². The molecule has 15 heavy (non-hydrogen) atoms. The Balaban J connectivity index is -0.0000000370. The first-order valence-electron chi connectivity index (χ1n) is 3.87. The molecule has 0 unspecified atom stereocenters. The SMILES string of the molecule is CCC(=O)[N-]C.CCC(=O)[N-]C.[Br-].[Br-].[Hf+4]. The first-order chi connectivity index (χ1) is 5.62. The topological polar surface area (TPSA) is 62.3 Å². The summed E-state index contributed by atoms with van der Waals surface area (Å²) in [5, 5.41) is 6.74. The molecule has 0 N–H and O–H groups in total. The monoisotopic (exact) mass is 510 g/mol. The number of amides is 2. The van der Waals surface area contributed by atoms with Crippen LogP contribution in [-0.2, 0) is 35.4 Å². The number of halogens is 2. The zero-order valence-corrected chi connectivity index (χ0v) is 16.1. The maximum Gasteiger partial charge on any atom is 4.00 e. The zero-order valence-electron chi connectivity index (χ0n) is 9.38. The Labute approximate surface area is 132 Å². The minimum absolute atomic E-state index is 0. The van der Waals surface area contributed by atoms with Crippen LogP contribution in [0.3, 0.4) is 0 Å². The summed E-state index contributed by atoms with van der Waals surface area (Å²) in [5.41, 5.74) is 0. The second-order valence-electron chi connectivity index (χ2n) is 1.94. The van der Waals surface area contributed by atoms with Gasteiger partial charge in [-0.05, 0) is 12.8 Å². The van der Waals surface area contributed by atoms with E-state index in [1.165, 1.54) is 14.1 Å². The second-order valence-corrected chi connectivity index (χ2v) is 1.94. The molecule has 0 saturated carbocycles. The molecule has 0 saturated heterocycles. The molecular formula is C8H16Br2HfN2O2. The van der Waals surface area contributed by atoms with Gasteiger partial charge in [0, 0.05) is 0 Å². The van der Waals surface area contributed by atoms with Gasteiger partial charge in [-0.1, -0.05) is 13.8 Å². The van der Waals surface area contributed by atoms with Crippen molar-refractivity contribution >= 4 is 11.8 Å². The van der Waals surface area contributed by atoms with Crippen LogP contribution < -0.4 is 34.0 Å². The van der Waals surface area contributed by atoms with Gasteiger partial charge < -0.3 is 54.2 Å². The van der Waals surface area contributed by atoms with Crippen LogP contribution in [-0.4, -0.2) is 25.9 Å². The first kappa shape index (κ1) is 29.7. The van der Waals surface area contributed by atoms with Crippen molar-refractivity contribution < 1.29 is 69.4 Å². The molecule has 0 bridgehead atoms. The normalized spacial score (nSPS) is 6.13. The first-order valence-corrected chi connectivity index (χ1v) is 3.87. The molecule has 0 atom stereocenters. The number of rotatable bonds is 2. The Morgan fingerprint density at radius 2 is 1.07 bits per heavy atom. The van der Waals surface area contributed by atoms with Gasteiger partial charge in [0.1, 0.15) is 0 Å². The molecule has 0 heterocycles. The van der Waals surface area contributed by atoms with Gasteiger partial charge >= 0.3 is 25.8 Å². The van der Waals surface area contributed by atoms with Gasteiger partial charge in [0.05, 0.1) is 11.8 Å². The van der Waals surface area contributed by atoms with Gasteiger partial charge in [0.15, 0.2) is 0 Å². The van der Waals surface area contributed by atoms with E-state index in [-0.39, 0.29) is 71.6 Å². The predicted octanol–water partition coefficient (Wildman–Crippen LogP) is -4.14. The summed E-state index contributed by atoms with van der Waals surface area (Å²) in [6.45, 7) is 3.57. The van der Waals surface area contributed by atoms with Crippen LogP contribution in [0, 0.1) is 0 Å². The molecule has 0 spiro atoms. The fraction of sp³-hybridized carbons (Fsp3) is 0.750. The molecule has 0 aromatic carbocycles. The number of hydrogen-bond donors (Lipinski definition) is 0. The van der Waals surface area contributed by atoms with E-state index in [9.17, 15) is 9.59 Å². The number of carbonyl (C=O) groups excluding carboxylic acids is 2. The maximum absolute atomic E-state index is 10.0. The van der Waals surface area contributed by atoms with Crippen LogP contribution in [0.25, 0.3) is 10.6 Å². The summed E-state index contributed by atoms with van der Waals surface area (Å²) in [5.74, 6) is -0.0648. The fourth-order valence-corrected chi connectivity index (χ4v) is 0.316. The van der Waals surface area contributed by atoms with Gasteiger partial charge in [-0.3, -0.25) is 0 Å². The Bertz CT molecular complexity index is 121. The molecule has 0 aromatic rings. The van der Waals surface area contributed by atoms with Crippen molar-refractivity contribution in [1.82, 2.24) is 0 Å². The Morgan fingerprint density at radius 3 is 1.07 bits per heavy atom. The standard InChI is InChI=1S/2C4H9NO.2BrH.Hf/c2*1-3-4(6)5-2;;;/h2*3H2,1-2H3,(H,5,6);2*1H;/q;;;;+4/p-4. The summed E-state index contributed by atoms with van der Waals surface area (Å²) in [7, 11) is 3.01. The summed E-state index contributed by atoms with van der Waals surface area (Å²) in [4.78, 5) is 20.0. The van der Waals surface area contributed by atoms with Crippen molar-refractivity contribution in [1.29, 1.82) is 0 Å². The van der Waals surface area contributed by atoms with E-state index in [1.54, 1.807) is 13.8 Å². The minimum Gasteiger partial charge on any atom is -1.00 e. The molecule has 0 radical (unpaired) electrons. The quantitative estimate of drug-likeness (QED) is 0.355. The van der Waals surface area contributed by atoms with E-state index in [4.69, 9.17) is 0 Å². The third-order valence-corrected chi connectivity index (χ3v) is 1.10. The van der Waals surface area contributed by atoms with E-state index in [0.717, 1.165) is 0 Å². The number of carbonyl (C=O) groups is 2. The molecule has 7 heteroatoms. The largest absolute Gasteiger partial charge is 4.00 e. The van der Waals surface area contributed by atoms with Crippen molar-refractivity contribution in [2.45, 2.75) is 26.7 Å². The average Bonchev–Trinajstić information content (AvgIpc) is 2.16. The van der Waals surface area contributed by atoms with Crippen molar-refractivity contribution in [2.75, 3.05) is 14.1 Å². The van der Waals surface area contributed by atoms with Crippen LogP contribution in [0.4, 0.5) is 0 Å². The molecular weight excluding hydrogens is 494 g/mol. The number of nitrogens with zero attached hydrogens (tertiary/aromatic N) is 2. The van der Waals surface area contributed by atoms with Crippen LogP contribution in [0.2, 0.25) is 0 Å². The van der Waals surface area contributed by atoms with Crippen LogP contribution in [0.15, 0.2) is 0 Å². The van der Waals surface area contributed by atoms with Gasteiger partial charge in [0.2, 0.25) is 0 Å². The third kappa shape index (κ3) is 31.3. The van der Waals surface area contributed by atoms with Gasteiger partial charge in [-0.25, -0.2) is 0 Å². The van der Waals surface area contributed by atoms with E-state index in [1.807, 2.05) is 0 Å². The summed E-state index contributed by atoms with van der Waals surface area (Å²) < 4.78 is 0. The second kappa shape index (κ2) is 24.1. The van der Waals surface area contributed by atoms with Crippen molar-refractivity contribution in [3.63, 3.8) is 0 Å². The van der Waals surface area contributed by atoms with Crippen LogP contribution in [0.1, 0.15) is 26.7 Å². The van der Waals surface area contributed by atoms with Gasteiger partial charge in [-0.2, -0.15) is 0 Å². The maximum atomic E-state index is 10.0. The van der Waals surface area contributed by atoms with E-state index < -0.39 is 0 Å². The van der Waals surface area contributed by atoms with Crippen LogP contribution >= 0.6 is 0 Å². The summed E-state index contributed by atoms with van der Waals surface area (Å²) in [6.07, 6.45) is 1.05. The molecule has 0 aliphatic heterocycles. The molecule has 0 aromatic heterocycles. The Kier molecular flexibility index (Phi) is 47.7. The van der Waals surface area contributed by atoms with Crippen molar-refractivity contribution in [2.24, 2.45) is 0 Å². The Morgan fingerprint density at radius 1 is 0.867 bits per heavy atom. The number of hydrogen-bond acceptors (Lipinski definition) is 2. The molecule has 0 fully saturated rings. The average molecular weight is 511 g/mol. The Hall–Kier alpha value is 0.770. The fourth-order valence-electron chi connectivity index (χ4n) is 0.316. The van der Waals surface area contributed by atoms with Gasteiger partial charge in [0.25, 0.3) is 0 Å². The van der Waals surface area contributed by atoms with Crippen molar-refractivity contribution in [3.05, 3.63) is 10.6 Å². The molecule has 0 rings (SSSR count). The molecule has 88 valence electrons. The summed E-state index contributed by atoms with van der Waals surface area (Å²) >= 11 is 0. The zero-order chi connectivity index (χ0) is 9.98. The third-order valence-electron chi connectivity index (χ3n) is 1.10. The minimum atomic E-state index is -0.0324. The molecule has 0 aliphatic carbocycles. The van der Waals surface area contributed by atoms with E-state index >= 15 is 0 Å². The predicted molar refractivity (Wildman–Crippen MR) is 49.2 cm³/mol. The molecule has 4 nitrogen and oxygen atoms in total. The van der Waals surface area contributed by atoms with Crippen molar-refractivity contribution in [3.8, 4) is 0 Å². The van der Waals surface area contributed by atoms with E-state index in [2.05, 4.69) is 10.6 Å². The molecule has 0 aliphatic rings. The van der Waals surface area contributed by atoms with Crippen LogP contribution in [0.5, 0.6) is 0 Å².